The van der Waals surface area contributed by atoms with Crippen molar-refractivity contribution < 1.29 is 14.3 Å². The van der Waals surface area contributed by atoms with E-state index in [1.165, 1.54) is 0 Å². The summed E-state index contributed by atoms with van der Waals surface area (Å²) in [5, 5.41) is 2.80. The SMILES string of the molecule is Cc1cc(Br)c(OCC(=O)NCCCOC(C)C)c(Br)c1. The molecule has 1 aromatic rings. The maximum atomic E-state index is 11.7. The summed E-state index contributed by atoms with van der Waals surface area (Å²) in [5.41, 5.74) is 1.11. The number of rotatable bonds is 8. The van der Waals surface area contributed by atoms with Crippen LogP contribution >= 0.6 is 31.9 Å². The molecule has 0 atom stereocenters. The van der Waals surface area contributed by atoms with Gasteiger partial charge in [0.2, 0.25) is 0 Å². The monoisotopic (exact) mass is 421 g/mol. The Morgan fingerprint density at radius 1 is 1.29 bits per heavy atom. The van der Waals surface area contributed by atoms with Gasteiger partial charge in [-0.25, -0.2) is 0 Å². The van der Waals surface area contributed by atoms with Crippen LogP contribution in [0.5, 0.6) is 5.75 Å². The highest BCUT2D eigenvalue weighted by Gasteiger charge is 2.10. The smallest absolute Gasteiger partial charge is 0.257 e. The third-order valence-electron chi connectivity index (χ3n) is 2.58. The number of halogens is 2. The van der Waals surface area contributed by atoms with Crippen molar-refractivity contribution in [1.82, 2.24) is 5.32 Å². The van der Waals surface area contributed by atoms with E-state index in [1.54, 1.807) is 0 Å². The van der Waals surface area contributed by atoms with Gasteiger partial charge >= 0.3 is 0 Å². The molecule has 0 spiro atoms. The molecule has 0 aliphatic heterocycles. The van der Waals surface area contributed by atoms with Crippen LogP contribution in [0.1, 0.15) is 25.8 Å². The second-order valence-corrected chi connectivity index (χ2v) is 6.68. The highest BCUT2D eigenvalue weighted by molar-refractivity contribution is 9.11. The number of nitrogens with one attached hydrogen (secondary N) is 1. The molecule has 1 N–H and O–H groups in total. The van der Waals surface area contributed by atoms with Gasteiger partial charge in [0, 0.05) is 13.2 Å². The minimum atomic E-state index is -0.140. The molecule has 1 amide bonds. The molecule has 6 heteroatoms. The molecule has 21 heavy (non-hydrogen) atoms. The van der Waals surface area contributed by atoms with Crippen molar-refractivity contribution in [3.63, 3.8) is 0 Å². The van der Waals surface area contributed by atoms with Crippen LogP contribution in [-0.4, -0.2) is 31.8 Å². The molecule has 0 bridgehead atoms. The van der Waals surface area contributed by atoms with Crippen LogP contribution in [0.15, 0.2) is 21.1 Å². The molecule has 1 rings (SSSR count). The van der Waals surface area contributed by atoms with E-state index in [0.717, 1.165) is 20.9 Å². The first-order chi connectivity index (χ1) is 9.90. The Labute approximate surface area is 142 Å². The lowest BCUT2D eigenvalue weighted by Crippen LogP contribution is -2.30. The van der Waals surface area contributed by atoms with E-state index < -0.39 is 0 Å². The molecular weight excluding hydrogens is 402 g/mol. The van der Waals surface area contributed by atoms with Crippen molar-refractivity contribution in [2.75, 3.05) is 19.8 Å². The van der Waals surface area contributed by atoms with Crippen molar-refractivity contribution in [3.8, 4) is 5.75 Å². The van der Waals surface area contributed by atoms with Gasteiger partial charge in [0.1, 0.15) is 5.75 Å². The van der Waals surface area contributed by atoms with Crippen molar-refractivity contribution in [1.29, 1.82) is 0 Å². The minimum Gasteiger partial charge on any atom is -0.481 e. The van der Waals surface area contributed by atoms with Crippen molar-refractivity contribution in [2.24, 2.45) is 0 Å². The van der Waals surface area contributed by atoms with Crippen LogP contribution in [0.2, 0.25) is 0 Å². The molecule has 0 aliphatic rings. The number of ether oxygens (including phenoxy) is 2. The lowest BCUT2D eigenvalue weighted by Gasteiger charge is -2.12. The number of benzene rings is 1. The van der Waals surface area contributed by atoms with Crippen LogP contribution in [0.25, 0.3) is 0 Å². The molecule has 0 radical (unpaired) electrons. The molecule has 0 unspecified atom stereocenters. The lowest BCUT2D eigenvalue weighted by atomic mass is 10.2. The molecule has 0 fully saturated rings. The standard InChI is InChI=1S/C15H21Br2NO3/c1-10(2)20-6-4-5-18-14(19)9-21-15-12(16)7-11(3)8-13(15)17/h7-8,10H,4-6,9H2,1-3H3,(H,18,19). The van der Waals surface area contributed by atoms with E-state index in [2.05, 4.69) is 37.2 Å². The summed E-state index contributed by atoms with van der Waals surface area (Å²) in [6.45, 7) is 7.20. The van der Waals surface area contributed by atoms with Gasteiger partial charge in [-0.15, -0.1) is 0 Å². The fourth-order valence-electron chi connectivity index (χ4n) is 1.63. The normalized spacial score (nSPS) is 10.8. The van der Waals surface area contributed by atoms with Gasteiger partial charge in [-0.1, -0.05) is 0 Å². The van der Waals surface area contributed by atoms with E-state index in [1.807, 2.05) is 32.9 Å². The largest absolute Gasteiger partial charge is 0.481 e. The van der Waals surface area contributed by atoms with Crippen LogP contribution in [0.4, 0.5) is 0 Å². The highest BCUT2D eigenvalue weighted by atomic mass is 79.9. The van der Waals surface area contributed by atoms with Gasteiger partial charge in [0.25, 0.3) is 5.91 Å². The van der Waals surface area contributed by atoms with E-state index >= 15 is 0 Å². The average molecular weight is 423 g/mol. The van der Waals surface area contributed by atoms with Crippen molar-refractivity contribution >= 4 is 37.8 Å². The first-order valence-corrected chi connectivity index (χ1v) is 8.45. The first kappa shape index (κ1) is 18.5. The van der Waals surface area contributed by atoms with Gasteiger partial charge in [0.15, 0.2) is 6.61 Å². The fourth-order valence-corrected chi connectivity index (χ4v) is 3.28. The maximum Gasteiger partial charge on any atom is 0.257 e. The summed E-state index contributed by atoms with van der Waals surface area (Å²) in [6.07, 6.45) is 1.02. The molecule has 0 aliphatic carbocycles. The van der Waals surface area contributed by atoms with Crippen LogP contribution in [-0.2, 0) is 9.53 Å². The summed E-state index contributed by atoms with van der Waals surface area (Å²) in [5.74, 6) is 0.498. The van der Waals surface area contributed by atoms with E-state index in [4.69, 9.17) is 9.47 Å². The Morgan fingerprint density at radius 3 is 2.48 bits per heavy atom. The number of carbonyl (C=O) groups excluding carboxylic acids is 1. The van der Waals surface area contributed by atoms with E-state index in [9.17, 15) is 4.79 Å². The van der Waals surface area contributed by atoms with Gasteiger partial charge in [-0.3, -0.25) is 4.79 Å². The zero-order chi connectivity index (χ0) is 15.8. The molecule has 0 saturated heterocycles. The molecule has 118 valence electrons. The number of hydrogen-bond donors (Lipinski definition) is 1. The summed E-state index contributed by atoms with van der Waals surface area (Å²) < 4.78 is 12.6. The van der Waals surface area contributed by atoms with Gasteiger partial charge in [-0.05, 0) is 76.7 Å². The Hall–Kier alpha value is -0.590. The fraction of sp³-hybridized carbons (Fsp3) is 0.533. The van der Waals surface area contributed by atoms with Gasteiger partial charge in [0.05, 0.1) is 15.0 Å². The first-order valence-electron chi connectivity index (χ1n) is 6.87. The summed E-state index contributed by atoms with van der Waals surface area (Å²) >= 11 is 6.86. The van der Waals surface area contributed by atoms with Gasteiger partial charge in [-0.2, -0.15) is 0 Å². The Balaban J connectivity index is 2.30. The molecule has 0 aromatic heterocycles. The van der Waals surface area contributed by atoms with Crippen LogP contribution in [0.3, 0.4) is 0 Å². The Bertz CT molecular complexity index is 455. The topological polar surface area (TPSA) is 47.6 Å². The zero-order valence-corrected chi connectivity index (χ0v) is 15.7. The van der Waals surface area contributed by atoms with Gasteiger partial charge < -0.3 is 14.8 Å². The van der Waals surface area contributed by atoms with Crippen LogP contribution < -0.4 is 10.1 Å². The van der Waals surface area contributed by atoms with E-state index in [0.29, 0.717) is 18.9 Å². The summed E-state index contributed by atoms with van der Waals surface area (Å²) in [6, 6.07) is 3.89. The zero-order valence-electron chi connectivity index (χ0n) is 12.5. The number of hydrogen-bond acceptors (Lipinski definition) is 3. The third kappa shape index (κ3) is 7.29. The summed E-state index contributed by atoms with van der Waals surface area (Å²) in [7, 11) is 0. The molecule has 0 heterocycles. The highest BCUT2D eigenvalue weighted by Crippen LogP contribution is 2.34. The maximum absolute atomic E-state index is 11.7. The number of carbonyl (C=O) groups is 1. The quantitative estimate of drug-likeness (QED) is 0.647. The summed E-state index contributed by atoms with van der Waals surface area (Å²) in [4.78, 5) is 11.7. The average Bonchev–Trinajstić information content (AvgIpc) is 2.36. The predicted molar refractivity (Wildman–Crippen MR) is 90.8 cm³/mol. The van der Waals surface area contributed by atoms with Crippen LogP contribution in [0, 0.1) is 6.92 Å². The molecule has 4 nitrogen and oxygen atoms in total. The predicted octanol–water partition coefficient (Wildman–Crippen LogP) is 3.83. The van der Waals surface area contributed by atoms with Crippen molar-refractivity contribution in [2.45, 2.75) is 33.3 Å². The number of amides is 1. The number of aryl methyl sites for hydroxylation is 1. The Kier molecular flexibility index (Phi) is 8.29. The Morgan fingerprint density at radius 2 is 1.90 bits per heavy atom. The third-order valence-corrected chi connectivity index (χ3v) is 3.76. The minimum absolute atomic E-state index is 0.00863. The molecule has 0 saturated carbocycles. The second-order valence-electron chi connectivity index (χ2n) is 4.97. The molecule has 1 aromatic carbocycles. The molecular formula is C15H21Br2NO3. The lowest BCUT2D eigenvalue weighted by molar-refractivity contribution is -0.123. The van der Waals surface area contributed by atoms with E-state index in [-0.39, 0.29) is 18.6 Å². The second kappa shape index (κ2) is 9.43. The van der Waals surface area contributed by atoms with Crippen molar-refractivity contribution in [3.05, 3.63) is 26.6 Å².